The molecule has 3 rings (SSSR count). The van der Waals surface area contributed by atoms with E-state index in [1.165, 1.54) is 6.20 Å². The molecule has 0 aliphatic rings. The van der Waals surface area contributed by atoms with E-state index in [1.54, 1.807) is 4.68 Å². The van der Waals surface area contributed by atoms with Crippen LogP contribution in [0.1, 0.15) is 12.6 Å². The monoisotopic (exact) mass is 291 g/mol. The van der Waals surface area contributed by atoms with E-state index in [4.69, 9.17) is 0 Å². The summed E-state index contributed by atoms with van der Waals surface area (Å²) in [5.74, 6) is 0. The maximum Gasteiger partial charge on any atom is 0.158 e. The van der Waals surface area contributed by atoms with E-state index in [9.17, 15) is 0 Å². The molecule has 2 heterocycles. The van der Waals surface area contributed by atoms with Crippen molar-refractivity contribution in [3.8, 4) is 5.69 Å². The first-order valence-corrected chi connectivity index (χ1v) is 6.95. The Labute approximate surface area is 128 Å². The van der Waals surface area contributed by atoms with E-state index in [1.807, 2.05) is 54.9 Å². The number of benzene rings is 1. The Balaban J connectivity index is 2.36. The summed E-state index contributed by atoms with van der Waals surface area (Å²) in [6.07, 6.45) is 1.53. The summed E-state index contributed by atoms with van der Waals surface area (Å²) in [5.41, 5.74) is 5.36. The minimum atomic E-state index is 0.756. The second-order valence-corrected chi connectivity index (χ2v) is 5.07. The summed E-state index contributed by atoms with van der Waals surface area (Å²) in [4.78, 5) is 4.41. The number of para-hydroxylation sites is 1. The van der Waals surface area contributed by atoms with E-state index in [0.29, 0.717) is 0 Å². The molecule has 0 saturated heterocycles. The molecular formula is C17H17N5. The Morgan fingerprint density at radius 2 is 2.00 bits per heavy atom. The molecule has 0 radical (unpaired) electrons. The Morgan fingerprint density at radius 1 is 1.23 bits per heavy atom. The van der Waals surface area contributed by atoms with Gasteiger partial charge in [-0.25, -0.2) is 9.67 Å². The van der Waals surface area contributed by atoms with Gasteiger partial charge in [-0.2, -0.15) is 0 Å². The summed E-state index contributed by atoms with van der Waals surface area (Å²) in [7, 11) is 1.95. The van der Waals surface area contributed by atoms with Crippen molar-refractivity contribution in [3.63, 3.8) is 0 Å². The molecule has 0 unspecified atom stereocenters. The fourth-order valence-corrected chi connectivity index (χ4v) is 2.51. The fraction of sp³-hybridized carbons (Fsp3) is 0.118. The van der Waals surface area contributed by atoms with Crippen LogP contribution in [0.2, 0.25) is 0 Å². The third kappa shape index (κ3) is 2.16. The number of hydrogen-bond acceptors (Lipinski definition) is 3. The normalized spacial score (nSPS) is 11.8. The zero-order valence-electron chi connectivity index (χ0n) is 12.7. The predicted octanol–water partition coefficient (Wildman–Crippen LogP) is 2.84. The van der Waals surface area contributed by atoms with Crippen LogP contribution in [0.5, 0.6) is 0 Å². The summed E-state index contributed by atoms with van der Waals surface area (Å²) >= 11 is 0. The van der Waals surface area contributed by atoms with Crippen LogP contribution in [0.3, 0.4) is 0 Å². The van der Waals surface area contributed by atoms with E-state index >= 15 is 0 Å². The first kappa shape index (κ1) is 14.0. The highest BCUT2D eigenvalue weighted by atomic mass is 15.4. The Kier molecular flexibility index (Phi) is 3.47. The van der Waals surface area contributed by atoms with Crippen molar-refractivity contribution < 1.29 is 0 Å². The number of allylic oxidation sites excluding steroid dienone is 1. The predicted molar refractivity (Wildman–Crippen MR) is 88.3 cm³/mol. The zero-order chi connectivity index (χ0) is 15.7. The molecule has 0 aliphatic carbocycles. The molecule has 3 aromatic rings. The molecule has 0 fully saturated rings. The van der Waals surface area contributed by atoms with Gasteiger partial charge >= 0.3 is 0 Å². The van der Waals surface area contributed by atoms with Gasteiger partial charge in [0, 0.05) is 18.9 Å². The van der Waals surface area contributed by atoms with E-state index in [-0.39, 0.29) is 0 Å². The van der Waals surface area contributed by atoms with Crippen molar-refractivity contribution in [1.29, 1.82) is 0 Å². The fourth-order valence-electron chi connectivity index (χ4n) is 2.51. The standard InChI is InChI=1S/C17H17N5/c1-5-18-17-16(11-10-14(12(2)3)21(17)4)22-15-9-7-6-8-13(15)19-20-22/h5-11H,1-2H2,3-4H3. The van der Waals surface area contributed by atoms with Crippen LogP contribution in [-0.4, -0.2) is 19.6 Å². The van der Waals surface area contributed by atoms with E-state index < -0.39 is 0 Å². The van der Waals surface area contributed by atoms with E-state index in [0.717, 1.165) is 33.5 Å². The van der Waals surface area contributed by atoms with Gasteiger partial charge in [0.2, 0.25) is 0 Å². The van der Waals surface area contributed by atoms with Crippen LogP contribution < -0.4 is 5.49 Å². The highest BCUT2D eigenvalue weighted by molar-refractivity contribution is 5.75. The van der Waals surface area contributed by atoms with Crippen LogP contribution in [0.25, 0.3) is 22.3 Å². The lowest BCUT2D eigenvalue weighted by Crippen LogP contribution is -2.25. The zero-order valence-corrected chi connectivity index (χ0v) is 12.7. The molecule has 5 heteroatoms. The van der Waals surface area contributed by atoms with Gasteiger partial charge in [0.25, 0.3) is 0 Å². The molecule has 5 nitrogen and oxygen atoms in total. The molecule has 1 aromatic carbocycles. The highest BCUT2D eigenvalue weighted by Gasteiger charge is 2.11. The van der Waals surface area contributed by atoms with Gasteiger partial charge in [0.15, 0.2) is 5.49 Å². The second kappa shape index (κ2) is 5.44. The van der Waals surface area contributed by atoms with E-state index in [2.05, 4.69) is 28.5 Å². The van der Waals surface area contributed by atoms with Crippen LogP contribution in [0, 0.1) is 0 Å². The Bertz CT molecular complexity index is 943. The smallest absolute Gasteiger partial charge is 0.158 e. The molecular weight excluding hydrogens is 274 g/mol. The number of rotatable bonds is 3. The maximum absolute atomic E-state index is 4.41. The third-order valence-electron chi connectivity index (χ3n) is 3.54. The number of fused-ring (bicyclic) bond motifs is 1. The lowest BCUT2D eigenvalue weighted by atomic mass is 10.2. The Hall–Kier alpha value is -2.95. The minimum absolute atomic E-state index is 0.756. The summed E-state index contributed by atoms with van der Waals surface area (Å²) in [6, 6.07) is 11.8. The average Bonchev–Trinajstić information content (AvgIpc) is 2.93. The lowest BCUT2D eigenvalue weighted by molar-refractivity contribution is 0.757. The van der Waals surface area contributed by atoms with Gasteiger partial charge < -0.3 is 4.57 Å². The number of nitrogens with zero attached hydrogens (tertiary/aromatic N) is 5. The van der Waals surface area contributed by atoms with Gasteiger partial charge in [-0.1, -0.05) is 30.5 Å². The molecule has 0 spiro atoms. The van der Waals surface area contributed by atoms with Crippen LogP contribution in [0.15, 0.2) is 60.7 Å². The summed E-state index contributed by atoms with van der Waals surface area (Å²) in [5, 5.41) is 8.46. The molecule has 0 bridgehead atoms. The van der Waals surface area contributed by atoms with Crippen molar-refractivity contribution in [1.82, 2.24) is 19.6 Å². The lowest BCUT2D eigenvalue weighted by Gasteiger charge is -2.12. The Morgan fingerprint density at radius 3 is 2.73 bits per heavy atom. The first-order valence-electron chi connectivity index (χ1n) is 6.95. The molecule has 110 valence electrons. The average molecular weight is 291 g/mol. The molecule has 2 aromatic heterocycles. The highest BCUT2D eigenvalue weighted by Crippen LogP contribution is 2.15. The first-order chi connectivity index (χ1) is 10.6. The van der Waals surface area contributed by atoms with Gasteiger partial charge in [0.1, 0.15) is 11.2 Å². The summed E-state index contributed by atoms with van der Waals surface area (Å²) in [6.45, 7) is 9.69. The molecule has 0 N–H and O–H groups in total. The van der Waals surface area contributed by atoms with Crippen molar-refractivity contribution in [2.45, 2.75) is 6.92 Å². The van der Waals surface area contributed by atoms with Crippen LogP contribution >= 0.6 is 0 Å². The van der Waals surface area contributed by atoms with Crippen molar-refractivity contribution in [2.75, 3.05) is 0 Å². The summed E-state index contributed by atoms with van der Waals surface area (Å²) < 4.78 is 3.77. The van der Waals surface area contributed by atoms with Gasteiger partial charge in [-0.05, 0) is 36.8 Å². The topological polar surface area (TPSA) is 48.0 Å². The van der Waals surface area contributed by atoms with Crippen molar-refractivity contribution in [3.05, 3.63) is 66.9 Å². The number of pyridine rings is 1. The third-order valence-corrected chi connectivity index (χ3v) is 3.54. The van der Waals surface area contributed by atoms with Crippen molar-refractivity contribution >= 4 is 16.6 Å². The largest absolute Gasteiger partial charge is 0.327 e. The quantitative estimate of drug-likeness (QED) is 0.745. The molecule has 0 atom stereocenters. The molecule has 0 saturated carbocycles. The minimum Gasteiger partial charge on any atom is -0.327 e. The molecule has 22 heavy (non-hydrogen) atoms. The van der Waals surface area contributed by atoms with Crippen molar-refractivity contribution in [2.24, 2.45) is 12.0 Å². The molecule has 0 amide bonds. The van der Waals surface area contributed by atoms with Crippen LogP contribution in [0.4, 0.5) is 0 Å². The maximum atomic E-state index is 4.41. The second-order valence-electron chi connectivity index (χ2n) is 5.07. The van der Waals surface area contributed by atoms with Gasteiger partial charge in [-0.15, -0.1) is 5.10 Å². The number of hydrogen-bond donors (Lipinski definition) is 0. The SMILES string of the molecule is C=CN=c1c(-n2nnc3ccccc32)ccc(C(=C)C)n1C. The van der Waals surface area contributed by atoms with Crippen LogP contribution in [-0.2, 0) is 7.05 Å². The van der Waals surface area contributed by atoms with Gasteiger partial charge in [-0.3, -0.25) is 0 Å². The molecule has 0 aliphatic heterocycles. The number of aromatic nitrogens is 4. The van der Waals surface area contributed by atoms with Gasteiger partial charge in [0.05, 0.1) is 5.52 Å².